The van der Waals surface area contributed by atoms with Crippen LogP contribution in [0.25, 0.3) is 10.2 Å². The SMILES string of the molecule is Cc1cccc2nc(N(C)CCO)sc12. The molecule has 3 nitrogen and oxygen atoms in total. The Labute approximate surface area is 93.0 Å². The molecule has 0 aliphatic heterocycles. The smallest absolute Gasteiger partial charge is 0.186 e. The third kappa shape index (κ3) is 1.96. The lowest BCUT2D eigenvalue weighted by Crippen LogP contribution is -2.20. The molecule has 0 radical (unpaired) electrons. The molecule has 4 heteroatoms. The lowest BCUT2D eigenvalue weighted by molar-refractivity contribution is 0.304. The molecular formula is C11H14N2OS. The van der Waals surface area contributed by atoms with E-state index in [9.17, 15) is 0 Å². The highest BCUT2D eigenvalue weighted by molar-refractivity contribution is 7.22. The minimum atomic E-state index is 0.158. The van der Waals surface area contributed by atoms with Crippen LogP contribution in [-0.2, 0) is 0 Å². The average molecular weight is 222 g/mol. The third-order valence-corrected chi connectivity index (χ3v) is 3.68. The molecule has 1 aromatic carbocycles. The van der Waals surface area contributed by atoms with Crippen LogP contribution in [0.1, 0.15) is 5.56 Å². The standard InChI is InChI=1S/C11H14N2OS/c1-8-4-3-5-9-10(8)15-11(12-9)13(2)6-7-14/h3-5,14H,6-7H2,1-2H3. The van der Waals surface area contributed by atoms with Crippen LogP contribution in [-0.4, -0.2) is 30.3 Å². The summed E-state index contributed by atoms with van der Waals surface area (Å²) < 4.78 is 1.23. The number of likely N-dealkylation sites (N-methyl/N-ethyl adjacent to an activating group) is 1. The van der Waals surface area contributed by atoms with Gasteiger partial charge in [-0.3, -0.25) is 0 Å². The van der Waals surface area contributed by atoms with Crippen molar-refractivity contribution in [3.05, 3.63) is 23.8 Å². The number of anilines is 1. The normalized spacial score (nSPS) is 10.9. The molecule has 1 heterocycles. The van der Waals surface area contributed by atoms with Crippen molar-refractivity contribution in [2.45, 2.75) is 6.92 Å². The highest BCUT2D eigenvalue weighted by atomic mass is 32.1. The maximum Gasteiger partial charge on any atom is 0.186 e. The van der Waals surface area contributed by atoms with Gasteiger partial charge in [-0.15, -0.1) is 0 Å². The zero-order chi connectivity index (χ0) is 10.8. The fourth-order valence-electron chi connectivity index (χ4n) is 1.48. The summed E-state index contributed by atoms with van der Waals surface area (Å²) in [5.74, 6) is 0. The van der Waals surface area contributed by atoms with E-state index in [1.54, 1.807) is 11.3 Å². The van der Waals surface area contributed by atoms with Gasteiger partial charge in [0.15, 0.2) is 5.13 Å². The van der Waals surface area contributed by atoms with Crippen LogP contribution in [0.2, 0.25) is 0 Å². The first-order valence-electron chi connectivity index (χ1n) is 4.90. The number of aliphatic hydroxyl groups excluding tert-OH is 1. The molecule has 0 amide bonds. The fraction of sp³-hybridized carbons (Fsp3) is 0.364. The van der Waals surface area contributed by atoms with Crippen molar-refractivity contribution >= 4 is 26.7 Å². The zero-order valence-corrected chi connectivity index (χ0v) is 9.71. The van der Waals surface area contributed by atoms with Gasteiger partial charge in [-0.1, -0.05) is 23.5 Å². The van der Waals surface area contributed by atoms with Gasteiger partial charge in [-0.2, -0.15) is 0 Å². The topological polar surface area (TPSA) is 36.4 Å². The van der Waals surface area contributed by atoms with Crippen LogP contribution in [0, 0.1) is 6.92 Å². The van der Waals surface area contributed by atoms with Gasteiger partial charge in [-0.05, 0) is 18.6 Å². The molecule has 0 aliphatic rings. The lowest BCUT2D eigenvalue weighted by Gasteiger charge is -2.12. The van der Waals surface area contributed by atoms with Crippen molar-refractivity contribution < 1.29 is 5.11 Å². The second-order valence-electron chi connectivity index (χ2n) is 3.56. The fourth-order valence-corrected chi connectivity index (χ4v) is 2.50. The Morgan fingerprint density at radius 3 is 2.93 bits per heavy atom. The number of nitrogens with zero attached hydrogens (tertiary/aromatic N) is 2. The maximum absolute atomic E-state index is 8.86. The summed E-state index contributed by atoms with van der Waals surface area (Å²) in [6.45, 7) is 2.88. The second kappa shape index (κ2) is 4.16. The Morgan fingerprint density at radius 2 is 2.27 bits per heavy atom. The molecule has 0 saturated carbocycles. The summed E-state index contributed by atoms with van der Waals surface area (Å²) in [5, 5.41) is 9.83. The second-order valence-corrected chi connectivity index (χ2v) is 4.54. The number of hydrogen-bond acceptors (Lipinski definition) is 4. The van der Waals surface area contributed by atoms with Crippen LogP contribution in [0.3, 0.4) is 0 Å². The predicted octanol–water partition coefficient (Wildman–Crippen LogP) is 2.03. The van der Waals surface area contributed by atoms with Gasteiger partial charge < -0.3 is 10.0 Å². The number of benzene rings is 1. The minimum Gasteiger partial charge on any atom is -0.395 e. The third-order valence-electron chi connectivity index (χ3n) is 2.36. The number of aromatic nitrogens is 1. The Bertz CT molecular complexity index is 467. The van der Waals surface area contributed by atoms with Crippen molar-refractivity contribution in [3.63, 3.8) is 0 Å². The average Bonchev–Trinajstić information content (AvgIpc) is 2.63. The van der Waals surface area contributed by atoms with Crippen LogP contribution in [0.4, 0.5) is 5.13 Å². The van der Waals surface area contributed by atoms with Crippen LogP contribution < -0.4 is 4.90 Å². The van der Waals surface area contributed by atoms with Gasteiger partial charge in [0.2, 0.25) is 0 Å². The van der Waals surface area contributed by atoms with Crippen LogP contribution in [0.15, 0.2) is 18.2 Å². The van der Waals surface area contributed by atoms with E-state index >= 15 is 0 Å². The molecule has 80 valence electrons. The summed E-state index contributed by atoms with van der Waals surface area (Å²) in [4.78, 5) is 6.50. The van der Waals surface area contributed by atoms with Gasteiger partial charge in [0.05, 0.1) is 16.8 Å². The van der Waals surface area contributed by atoms with Gasteiger partial charge in [0.1, 0.15) is 0 Å². The first-order chi connectivity index (χ1) is 7.22. The summed E-state index contributed by atoms with van der Waals surface area (Å²) >= 11 is 1.68. The number of hydrogen-bond donors (Lipinski definition) is 1. The zero-order valence-electron chi connectivity index (χ0n) is 8.90. The number of fused-ring (bicyclic) bond motifs is 1. The number of aryl methyl sites for hydroxylation is 1. The molecule has 0 fully saturated rings. The van der Waals surface area contributed by atoms with E-state index in [4.69, 9.17) is 5.11 Å². The molecule has 0 bridgehead atoms. The number of rotatable bonds is 3. The molecule has 1 aromatic heterocycles. The summed E-state index contributed by atoms with van der Waals surface area (Å²) in [6.07, 6.45) is 0. The van der Waals surface area contributed by atoms with Crippen molar-refractivity contribution in [2.24, 2.45) is 0 Å². The van der Waals surface area contributed by atoms with Gasteiger partial charge in [0.25, 0.3) is 0 Å². The van der Waals surface area contributed by atoms with E-state index in [0.29, 0.717) is 6.54 Å². The van der Waals surface area contributed by atoms with E-state index in [1.165, 1.54) is 10.3 Å². The lowest BCUT2D eigenvalue weighted by atomic mass is 10.2. The monoisotopic (exact) mass is 222 g/mol. The van der Waals surface area contributed by atoms with E-state index in [1.807, 2.05) is 24.1 Å². The molecule has 0 unspecified atom stereocenters. The first kappa shape index (κ1) is 10.4. The molecule has 0 atom stereocenters. The van der Waals surface area contributed by atoms with Crippen molar-refractivity contribution in [2.75, 3.05) is 25.1 Å². The molecule has 0 aliphatic carbocycles. The van der Waals surface area contributed by atoms with Gasteiger partial charge >= 0.3 is 0 Å². The summed E-state index contributed by atoms with van der Waals surface area (Å²) in [5.41, 5.74) is 2.30. The Hall–Kier alpha value is -1.13. The maximum atomic E-state index is 8.86. The number of thiazole rings is 1. The largest absolute Gasteiger partial charge is 0.395 e. The van der Waals surface area contributed by atoms with Crippen LogP contribution >= 0.6 is 11.3 Å². The first-order valence-corrected chi connectivity index (χ1v) is 5.72. The number of aliphatic hydroxyl groups is 1. The minimum absolute atomic E-state index is 0.158. The summed E-state index contributed by atoms with van der Waals surface area (Å²) in [6, 6.07) is 6.14. The molecule has 2 aromatic rings. The molecule has 0 spiro atoms. The summed E-state index contributed by atoms with van der Waals surface area (Å²) in [7, 11) is 1.95. The van der Waals surface area contributed by atoms with E-state index in [2.05, 4.69) is 18.0 Å². The molecule has 15 heavy (non-hydrogen) atoms. The van der Waals surface area contributed by atoms with Crippen molar-refractivity contribution in [1.29, 1.82) is 0 Å². The Balaban J connectivity index is 2.43. The van der Waals surface area contributed by atoms with E-state index in [0.717, 1.165) is 10.6 Å². The molecule has 0 saturated heterocycles. The van der Waals surface area contributed by atoms with Crippen LogP contribution in [0.5, 0.6) is 0 Å². The van der Waals surface area contributed by atoms with Gasteiger partial charge in [0, 0.05) is 13.6 Å². The Kier molecular flexibility index (Phi) is 2.88. The molecule has 2 rings (SSSR count). The van der Waals surface area contributed by atoms with E-state index < -0.39 is 0 Å². The molecular weight excluding hydrogens is 208 g/mol. The van der Waals surface area contributed by atoms with Gasteiger partial charge in [-0.25, -0.2) is 4.98 Å². The van der Waals surface area contributed by atoms with Crippen molar-refractivity contribution in [1.82, 2.24) is 4.98 Å². The van der Waals surface area contributed by atoms with E-state index in [-0.39, 0.29) is 6.61 Å². The quantitative estimate of drug-likeness (QED) is 0.863. The van der Waals surface area contributed by atoms with Crippen molar-refractivity contribution in [3.8, 4) is 0 Å². The Morgan fingerprint density at radius 1 is 1.47 bits per heavy atom. The predicted molar refractivity (Wildman–Crippen MR) is 64.7 cm³/mol. The highest BCUT2D eigenvalue weighted by Gasteiger charge is 2.08. The molecule has 1 N–H and O–H groups in total. The highest BCUT2D eigenvalue weighted by Crippen LogP contribution is 2.30.